The maximum Gasteiger partial charge on any atom is 0.258 e. The quantitative estimate of drug-likeness (QED) is 0.662. The number of carbonyl (C=O) groups is 1. The van der Waals surface area contributed by atoms with E-state index in [1.54, 1.807) is 38.1 Å². The molecule has 0 aliphatic carbocycles. The first kappa shape index (κ1) is 23.5. The third-order valence-corrected chi connectivity index (χ3v) is 7.92. The van der Waals surface area contributed by atoms with E-state index in [2.05, 4.69) is 22.1 Å². The van der Waals surface area contributed by atoms with E-state index < -0.39 is 15.9 Å². The molecule has 0 bridgehead atoms. The summed E-state index contributed by atoms with van der Waals surface area (Å²) in [5.74, 6) is 0.582. The van der Waals surface area contributed by atoms with Crippen LogP contribution in [0.3, 0.4) is 0 Å². The van der Waals surface area contributed by atoms with Crippen LogP contribution in [-0.4, -0.2) is 49.8 Å². The van der Waals surface area contributed by atoms with Gasteiger partial charge in [-0.15, -0.1) is 0 Å². The van der Waals surface area contributed by atoms with E-state index >= 15 is 0 Å². The van der Waals surface area contributed by atoms with Crippen LogP contribution in [0, 0.1) is 5.92 Å². The molecule has 0 unspecified atom stereocenters. The number of pyridine rings is 1. The van der Waals surface area contributed by atoms with Crippen molar-refractivity contribution >= 4 is 39.0 Å². The van der Waals surface area contributed by atoms with Gasteiger partial charge in [-0.25, -0.2) is 13.4 Å². The van der Waals surface area contributed by atoms with Gasteiger partial charge in [-0.3, -0.25) is 4.79 Å². The molecule has 1 saturated heterocycles. The first-order valence-corrected chi connectivity index (χ1v) is 12.4. The van der Waals surface area contributed by atoms with Crippen LogP contribution in [0.4, 0.5) is 11.5 Å². The highest BCUT2D eigenvalue weighted by Gasteiger charge is 2.27. The smallest absolute Gasteiger partial charge is 0.258 e. The first-order chi connectivity index (χ1) is 14.8. The third kappa shape index (κ3) is 5.37. The molecule has 1 aliphatic rings. The van der Waals surface area contributed by atoms with Crippen LogP contribution in [0.25, 0.3) is 0 Å². The van der Waals surface area contributed by atoms with Gasteiger partial charge in [0.25, 0.3) is 5.91 Å². The predicted octanol–water partition coefficient (Wildman–Crippen LogP) is 4.25. The summed E-state index contributed by atoms with van der Waals surface area (Å²) in [5, 5.41) is 3.23. The highest BCUT2D eigenvalue weighted by atomic mass is 35.5. The number of benzene rings is 1. The van der Waals surface area contributed by atoms with E-state index in [1.807, 2.05) is 0 Å². The Hall–Kier alpha value is -2.16. The van der Waals surface area contributed by atoms with Crippen LogP contribution in [0.2, 0.25) is 5.02 Å². The zero-order chi connectivity index (χ0) is 22.6. The van der Waals surface area contributed by atoms with Crippen molar-refractivity contribution in [1.82, 2.24) is 9.29 Å². The number of halogens is 1. The normalized spacial score (nSPS) is 15.3. The highest BCUT2D eigenvalue weighted by molar-refractivity contribution is 7.89. The van der Waals surface area contributed by atoms with E-state index in [0.29, 0.717) is 35.4 Å². The summed E-state index contributed by atoms with van der Waals surface area (Å²) in [6, 6.07) is 8.07. The SMILES string of the molecule is CCN(CC)S(=O)(=O)c1ccc(N2CCC(C)CC2)c(C(=O)Nc2ccc(Cl)cn2)c1. The number of sulfonamides is 1. The van der Waals surface area contributed by atoms with E-state index in [4.69, 9.17) is 11.6 Å². The minimum atomic E-state index is -3.69. The molecule has 168 valence electrons. The number of piperidine rings is 1. The summed E-state index contributed by atoms with van der Waals surface area (Å²) >= 11 is 5.88. The second-order valence-electron chi connectivity index (χ2n) is 7.75. The number of carbonyl (C=O) groups excluding carboxylic acids is 1. The van der Waals surface area contributed by atoms with Crippen LogP contribution in [0.15, 0.2) is 41.4 Å². The number of aromatic nitrogens is 1. The van der Waals surface area contributed by atoms with Crippen LogP contribution in [-0.2, 0) is 10.0 Å². The fourth-order valence-electron chi connectivity index (χ4n) is 3.73. The Kier molecular flexibility index (Phi) is 7.56. The summed E-state index contributed by atoms with van der Waals surface area (Å²) in [5.41, 5.74) is 1.05. The fourth-order valence-corrected chi connectivity index (χ4v) is 5.33. The Bertz CT molecular complexity index is 1020. The number of nitrogens with one attached hydrogen (secondary N) is 1. The average molecular weight is 465 g/mol. The van der Waals surface area contributed by atoms with Gasteiger partial charge in [0, 0.05) is 38.1 Å². The van der Waals surface area contributed by atoms with Crippen LogP contribution in [0.5, 0.6) is 0 Å². The van der Waals surface area contributed by atoms with Crippen molar-refractivity contribution in [3.8, 4) is 0 Å². The molecule has 7 nitrogen and oxygen atoms in total. The summed E-state index contributed by atoms with van der Waals surface area (Å²) in [6.45, 7) is 8.18. The predicted molar refractivity (Wildman–Crippen MR) is 124 cm³/mol. The Morgan fingerprint density at radius 3 is 2.45 bits per heavy atom. The van der Waals surface area contributed by atoms with Gasteiger partial charge < -0.3 is 10.2 Å². The molecule has 0 atom stereocenters. The van der Waals surface area contributed by atoms with Crippen molar-refractivity contribution in [2.24, 2.45) is 5.92 Å². The van der Waals surface area contributed by atoms with Crippen LogP contribution < -0.4 is 10.2 Å². The summed E-state index contributed by atoms with van der Waals surface area (Å²) < 4.78 is 27.5. The first-order valence-electron chi connectivity index (χ1n) is 10.6. The fraction of sp³-hybridized carbons (Fsp3) is 0.455. The number of rotatable bonds is 7. The molecule has 0 radical (unpaired) electrons. The van der Waals surface area contributed by atoms with Crippen molar-refractivity contribution in [2.45, 2.75) is 38.5 Å². The number of anilines is 2. The number of hydrogen-bond acceptors (Lipinski definition) is 5. The van der Waals surface area contributed by atoms with Gasteiger partial charge in [0.2, 0.25) is 10.0 Å². The van der Waals surface area contributed by atoms with Crippen molar-refractivity contribution in [2.75, 3.05) is 36.4 Å². The van der Waals surface area contributed by atoms with Gasteiger partial charge in [0.15, 0.2) is 0 Å². The largest absolute Gasteiger partial charge is 0.371 e. The molecule has 2 heterocycles. The van der Waals surface area contributed by atoms with Gasteiger partial charge >= 0.3 is 0 Å². The lowest BCUT2D eigenvalue weighted by atomic mass is 9.98. The molecule has 0 spiro atoms. The topological polar surface area (TPSA) is 82.6 Å². The van der Waals surface area contributed by atoms with Crippen LogP contribution in [0.1, 0.15) is 44.0 Å². The van der Waals surface area contributed by atoms with E-state index in [0.717, 1.165) is 31.6 Å². The van der Waals surface area contributed by atoms with E-state index in [9.17, 15) is 13.2 Å². The van der Waals surface area contributed by atoms with Gasteiger partial charge in [0.1, 0.15) is 5.82 Å². The molecule has 1 aromatic carbocycles. The minimum absolute atomic E-state index is 0.111. The molecule has 2 aromatic rings. The molecule has 1 aromatic heterocycles. The molecule has 31 heavy (non-hydrogen) atoms. The lowest BCUT2D eigenvalue weighted by Crippen LogP contribution is -2.35. The molecule has 1 amide bonds. The summed E-state index contributed by atoms with van der Waals surface area (Å²) in [6.07, 6.45) is 3.50. The molecule has 1 fully saturated rings. The Morgan fingerprint density at radius 1 is 1.19 bits per heavy atom. The standard InChI is InChI=1S/C22H29ClN4O3S/c1-4-27(5-2)31(29,30)18-7-8-20(26-12-10-16(3)11-13-26)19(14-18)22(28)25-21-9-6-17(23)15-24-21/h6-9,14-16H,4-5,10-13H2,1-3H3,(H,24,25,28). The Labute approximate surface area is 189 Å². The summed E-state index contributed by atoms with van der Waals surface area (Å²) in [7, 11) is -3.69. The van der Waals surface area contributed by atoms with Gasteiger partial charge in [-0.2, -0.15) is 4.31 Å². The van der Waals surface area contributed by atoms with Gasteiger partial charge in [-0.1, -0.05) is 32.4 Å². The van der Waals surface area contributed by atoms with Crippen molar-refractivity contribution < 1.29 is 13.2 Å². The zero-order valence-electron chi connectivity index (χ0n) is 18.1. The molecule has 1 aliphatic heterocycles. The van der Waals surface area contributed by atoms with Crippen LogP contribution >= 0.6 is 11.6 Å². The minimum Gasteiger partial charge on any atom is -0.371 e. The van der Waals surface area contributed by atoms with Crippen molar-refractivity contribution in [3.63, 3.8) is 0 Å². The molecule has 0 saturated carbocycles. The average Bonchev–Trinajstić information content (AvgIpc) is 2.76. The van der Waals surface area contributed by atoms with Crippen molar-refractivity contribution in [1.29, 1.82) is 0 Å². The zero-order valence-corrected chi connectivity index (χ0v) is 19.7. The Balaban J connectivity index is 2.01. The van der Waals surface area contributed by atoms with Crippen molar-refractivity contribution in [3.05, 3.63) is 47.1 Å². The monoisotopic (exact) mass is 464 g/mol. The number of nitrogens with zero attached hydrogens (tertiary/aromatic N) is 3. The Morgan fingerprint density at radius 2 is 1.87 bits per heavy atom. The maximum absolute atomic E-state index is 13.2. The lowest BCUT2D eigenvalue weighted by Gasteiger charge is -2.33. The van der Waals surface area contributed by atoms with Gasteiger partial charge in [-0.05, 0) is 49.1 Å². The summed E-state index contributed by atoms with van der Waals surface area (Å²) in [4.78, 5) is 19.6. The molecule has 1 N–H and O–H groups in total. The van der Waals surface area contributed by atoms with E-state index in [1.165, 1.54) is 16.6 Å². The maximum atomic E-state index is 13.2. The molecular weight excluding hydrogens is 436 g/mol. The second-order valence-corrected chi connectivity index (χ2v) is 10.1. The molecule has 9 heteroatoms. The lowest BCUT2D eigenvalue weighted by molar-refractivity contribution is 0.102. The number of hydrogen-bond donors (Lipinski definition) is 1. The van der Waals surface area contributed by atoms with E-state index in [-0.39, 0.29) is 4.90 Å². The van der Waals surface area contributed by atoms with Gasteiger partial charge in [0.05, 0.1) is 15.5 Å². The highest BCUT2D eigenvalue weighted by Crippen LogP contribution is 2.30. The number of amides is 1. The molecule has 3 rings (SSSR count). The third-order valence-electron chi connectivity index (χ3n) is 5.65. The molecular formula is C22H29ClN4O3S. The second kappa shape index (κ2) is 9.97.